The molecule has 0 aliphatic heterocycles. The number of nitrogens with one attached hydrogen (secondary N) is 1. The van der Waals surface area contributed by atoms with Crippen LogP contribution in [0.15, 0.2) is 29.2 Å². The van der Waals surface area contributed by atoms with Crippen LogP contribution in [0.25, 0.3) is 0 Å². The molecule has 0 saturated carbocycles. The van der Waals surface area contributed by atoms with Gasteiger partial charge in [0.05, 0.1) is 4.90 Å². The number of benzene rings is 1. The van der Waals surface area contributed by atoms with Crippen LogP contribution in [0.4, 0.5) is 5.69 Å². The Bertz CT molecular complexity index is 504. The molecule has 19 heavy (non-hydrogen) atoms. The molecule has 0 saturated heterocycles. The number of nitrogens with two attached hydrogens (primary N) is 2. The highest BCUT2D eigenvalue weighted by molar-refractivity contribution is 7.89. The Morgan fingerprint density at radius 2 is 1.74 bits per heavy atom. The molecular weight excluding hydrogens is 262 g/mol. The third-order valence-electron chi connectivity index (χ3n) is 3.02. The molecule has 0 aliphatic rings. The molecule has 108 valence electrons. The third kappa shape index (κ3) is 4.81. The summed E-state index contributed by atoms with van der Waals surface area (Å²) in [7, 11) is -3.63. The Kier molecular flexibility index (Phi) is 4.95. The van der Waals surface area contributed by atoms with E-state index in [1.165, 1.54) is 12.1 Å². The first-order chi connectivity index (χ1) is 8.64. The molecule has 0 aliphatic carbocycles. The van der Waals surface area contributed by atoms with E-state index < -0.39 is 10.0 Å². The molecule has 1 aromatic rings. The SMILES string of the molecule is CC(C)(C)C(CCN)Nc1ccc(S(N)(=O)=O)cc1. The second-order valence-corrected chi connectivity index (χ2v) is 7.27. The summed E-state index contributed by atoms with van der Waals surface area (Å²) in [6.45, 7) is 7.02. The van der Waals surface area contributed by atoms with Crippen LogP contribution in [0.5, 0.6) is 0 Å². The zero-order valence-electron chi connectivity index (χ0n) is 11.7. The second-order valence-electron chi connectivity index (χ2n) is 5.71. The van der Waals surface area contributed by atoms with Gasteiger partial charge in [-0.1, -0.05) is 20.8 Å². The zero-order chi connectivity index (χ0) is 14.7. The number of hydrogen-bond donors (Lipinski definition) is 3. The van der Waals surface area contributed by atoms with E-state index in [1.807, 2.05) is 0 Å². The van der Waals surface area contributed by atoms with Gasteiger partial charge in [-0.3, -0.25) is 0 Å². The summed E-state index contributed by atoms with van der Waals surface area (Å²) in [5, 5.41) is 8.44. The van der Waals surface area contributed by atoms with E-state index in [-0.39, 0.29) is 16.4 Å². The van der Waals surface area contributed by atoms with Crippen molar-refractivity contribution >= 4 is 15.7 Å². The second kappa shape index (κ2) is 5.90. The van der Waals surface area contributed by atoms with Gasteiger partial charge in [0.15, 0.2) is 0 Å². The van der Waals surface area contributed by atoms with Crippen molar-refractivity contribution in [1.82, 2.24) is 0 Å². The topological polar surface area (TPSA) is 98.2 Å². The summed E-state index contributed by atoms with van der Waals surface area (Å²) >= 11 is 0. The molecule has 1 atom stereocenters. The van der Waals surface area contributed by atoms with Crippen LogP contribution >= 0.6 is 0 Å². The van der Waals surface area contributed by atoms with Crippen molar-refractivity contribution in [3.05, 3.63) is 24.3 Å². The molecule has 1 aromatic carbocycles. The van der Waals surface area contributed by atoms with Gasteiger partial charge in [-0.2, -0.15) is 0 Å². The van der Waals surface area contributed by atoms with E-state index >= 15 is 0 Å². The average molecular weight is 285 g/mol. The van der Waals surface area contributed by atoms with Gasteiger partial charge in [0.1, 0.15) is 0 Å². The van der Waals surface area contributed by atoms with Crippen LogP contribution in [-0.4, -0.2) is 21.0 Å². The normalized spacial score (nSPS) is 14.2. The molecule has 5 N–H and O–H groups in total. The number of rotatable bonds is 5. The maximum Gasteiger partial charge on any atom is 0.238 e. The Morgan fingerprint density at radius 1 is 1.21 bits per heavy atom. The van der Waals surface area contributed by atoms with Crippen molar-refractivity contribution in [2.75, 3.05) is 11.9 Å². The Hall–Kier alpha value is -1.11. The summed E-state index contributed by atoms with van der Waals surface area (Å²) in [6.07, 6.45) is 0.848. The van der Waals surface area contributed by atoms with Gasteiger partial charge in [-0.15, -0.1) is 0 Å². The molecule has 0 fully saturated rings. The minimum Gasteiger partial charge on any atom is -0.382 e. The molecule has 1 unspecified atom stereocenters. The molecule has 0 bridgehead atoms. The molecule has 0 heterocycles. The van der Waals surface area contributed by atoms with Gasteiger partial charge >= 0.3 is 0 Å². The quantitative estimate of drug-likeness (QED) is 0.763. The first-order valence-electron chi connectivity index (χ1n) is 6.24. The summed E-state index contributed by atoms with van der Waals surface area (Å²) in [6, 6.07) is 6.65. The third-order valence-corrected chi connectivity index (χ3v) is 3.95. The summed E-state index contributed by atoms with van der Waals surface area (Å²) < 4.78 is 22.3. The standard InChI is InChI=1S/C13H23N3O2S/c1-13(2,3)12(8-9-14)16-10-4-6-11(7-5-10)19(15,17)18/h4-7,12,16H,8-9,14H2,1-3H3,(H2,15,17,18). The monoisotopic (exact) mass is 285 g/mol. The number of anilines is 1. The average Bonchev–Trinajstić information content (AvgIpc) is 2.26. The van der Waals surface area contributed by atoms with E-state index in [0.717, 1.165) is 12.1 Å². The molecule has 0 radical (unpaired) electrons. The van der Waals surface area contributed by atoms with Crippen molar-refractivity contribution < 1.29 is 8.42 Å². The number of sulfonamides is 1. The van der Waals surface area contributed by atoms with E-state index in [2.05, 4.69) is 26.1 Å². The van der Waals surface area contributed by atoms with E-state index in [9.17, 15) is 8.42 Å². The van der Waals surface area contributed by atoms with Gasteiger partial charge in [0.25, 0.3) is 0 Å². The molecular formula is C13H23N3O2S. The lowest BCUT2D eigenvalue weighted by Crippen LogP contribution is -2.35. The lowest BCUT2D eigenvalue weighted by atomic mass is 9.84. The maximum absolute atomic E-state index is 11.2. The van der Waals surface area contributed by atoms with Crippen molar-refractivity contribution in [3.63, 3.8) is 0 Å². The number of primary sulfonamides is 1. The van der Waals surface area contributed by atoms with Crippen molar-refractivity contribution in [1.29, 1.82) is 0 Å². The molecule has 0 aromatic heterocycles. The van der Waals surface area contributed by atoms with Gasteiger partial charge in [0.2, 0.25) is 10.0 Å². The van der Waals surface area contributed by atoms with Gasteiger partial charge in [-0.05, 0) is 42.6 Å². The van der Waals surface area contributed by atoms with Crippen LogP contribution in [-0.2, 0) is 10.0 Å². The van der Waals surface area contributed by atoms with Crippen molar-refractivity contribution in [2.45, 2.75) is 38.1 Å². The van der Waals surface area contributed by atoms with Gasteiger partial charge in [-0.25, -0.2) is 13.6 Å². The molecule has 6 heteroatoms. The summed E-state index contributed by atoms with van der Waals surface area (Å²) in [5.74, 6) is 0. The first kappa shape index (κ1) is 15.9. The fraction of sp³-hybridized carbons (Fsp3) is 0.538. The zero-order valence-corrected chi connectivity index (χ0v) is 12.5. The lowest BCUT2D eigenvalue weighted by molar-refractivity contribution is 0.329. The fourth-order valence-electron chi connectivity index (χ4n) is 1.83. The first-order valence-corrected chi connectivity index (χ1v) is 7.78. The predicted octanol–water partition coefficient (Wildman–Crippen LogP) is 1.51. The van der Waals surface area contributed by atoms with E-state index in [0.29, 0.717) is 6.54 Å². The predicted molar refractivity (Wildman–Crippen MR) is 78.4 cm³/mol. The largest absolute Gasteiger partial charge is 0.382 e. The summed E-state index contributed by atoms with van der Waals surface area (Å²) in [4.78, 5) is 0.115. The Balaban J connectivity index is 2.87. The molecule has 0 amide bonds. The highest BCUT2D eigenvalue weighted by atomic mass is 32.2. The fourth-order valence-corrected chi connectivity index (χ4v) is 2.35. The minimum absolute atomic E-state index is 0.0674. The Labute approximate surface area is 115 Å². The van der Waals surface area contributed by atoms with Crippen LogP contribution in [0.2, 0.25) is 0 Å². The molecule has 5 nitrogen and oxygen atoms in total. The van der Waals surface area contributed by atoms with Crippen molar-refractivity contribution in [2.24, 2.45) is 16.3 Å². The molecule has 1 rings (SSSR count). The molecule has 0 spiro atoms. The highest BCUT2D eigenvalue weighted by Crippen LogP contribution is 2.25. The van der Waals surface area contributed by atoms with Gasteiger partial charge < -0.3 is 11.1 Å². The minimum atomic E-state index is -3.63. The van der Waals surface area contributed by atoms with Crippen LogP contribution in [0.1, 0.15) is 27.2 Å². The van der Waals surface area contributed by atoms with Gasteiger partial charge in [0, 0.05) is 11.7 Å². The van der Waals surface area contributed by atoms with E-state index in [1.54, 1.807) is 12.1 Å². The van der Waals surface area contributed by atoms with Crippen LogP contribution < -0.4 is 16.2 Å². The Morgan fingerprint density at radius 3 is 2.11 bits per heavy atom. The lowest BCUT2D eigenvalue weighted by Gasteiger charge is -2.32. The number of hydrogen-bond acceptors (Lipinski definition) is 4. The van der Waals surface area contributed by atoms with Crippen LogP contribution in [0.3, 0.4) is 0 Å². The summed E-state index contributed by atoms with van der Waals surface area (Å²) in [5.41, 5.74) is 6.55. The van der Waals surface area contributed by atoms with E-state index in [4.69, 9.17) is 10.9 Å². The maximum atomic E-state index is 11.2. The van der Waals surface area contributed by atoms with Crippen molar-refractivity contribution in [3.8, 4) is 0 Å². The smallest absolute Gasteiger partial charge is 0.238 e. The van der Waals surface area contributed by atoms with Crippen LogP contribution in [0, 0.1) is 5.41 Å². The highest BCUT2D eigenvalue weighted by Gasteiger charge is 2.23.